The van der Waals surface area contributed by atoms with Gasteiger partial charge in [-0.15, -0.1) is 11.3 Å². The van der Waals surface area contributed by atoms with E-state index in [1.165, 1.54) is 11.8 Å². The van der Waals surface area contributed by atoms with Crippen LogP contribution in [0.4, 0.5) is 0 Å². The van der Waals surface area contributed by atoms with Crippen molar-refractivity contribution in [1.82, 2.24) is 15.2 Å². The zero-order valence-corrected chi connectivity index (χ0v) is 10.6. The lowest BCUT2D eigenvalue weighted by molar-refractivity contribution is -0.128. The van der Waals surface area contributed by atoms with E-state index in [2.05, 4.69) is 10.3 Å². The average molecular weight is 257 g/mol. The third-order valence-corrected chi connectivity index (χ3v) is 4.37. The van der Waals surface area contributed by atoms with Gasteiger partial charge >= 0.3 is 0 Å². The number of carbonyl (C=O) groups excluding carboxylic acids is 1. The first-order chi connectivity index (χ1) is 7.86. The van der Waals surface area contributed by atoms with Crippen molar-refractivity contribution in [3.05, 3.63) is 11.6 Å². The third-order valence-electron chi connectivity index (χ3n) is 2.42. The van der Waals surface area contributed by atoms with Crippen molar-refractivity contribution >= 4 is 29.0 Å². The second-order valence-corrected chi connectivity index (χ2v) is 5.69. The summed E-state index contributed by atoms with van der Waals surface area (Å²) in [5.74, 6) is 0.733. The molecule has 88 valence electrons. The Hall–Kier alpha value is -0.590. The first-order valence-corrected chi connectivity index (χ1v) is 7.23. The number of carbonyl (C=O) groups is 1. The van der Waals surface area contributed by atoms with Gasteiger partial charge in [0.25, 0.3) is 0 Å². The molecular formula is C10H15N3OS2. The van der Waals surface area contributed by atoms with Gasteiger partial charge in [0.05, 0.1) is 5.75 Å². The van der Waals surface area contributed by atoms with Gasteiger partial charge in [-0.3, -0.25) is 4.79 Å². The minimum absolute atomic E-state index is 0.226. The fraction of sp³-hybridized carbons (Fsp3) is 0.600. The fourth-order valence-electron chi connectivity index (χ4n) is 1.59. The molecule has 0 unspecified atom stereocenters. The van der Waals surface area contributed by atoms with Gasteiger partial charge in [-0.05, 0) is 13.0 Å². The molecule has 0 spiro atoms. The Bertz CT molecular complexity index is 321. The van der Waals surface area contributed by atoms with E-state index in [9.17, 15) is 4.79 Å². The molecule has 0 aromatic carbocycles. The van der Waals surface area contributed by atoms with E-state index in [0.29, 0.717) is 5.75 Å². The highest BCUT2D eigenvalue weighted by Gasteiger charge is 2.15. The number of nitrogens with zero attached hydrogens (tertiary/aromatic N) is 2. The maximum Gasteiger partial charge on any atom is 0.233 e. The molecule has 0 atom stereocenters. The van der Waals surface area contributed by atoms with Crippen LogP contribution in [0, 0.1) is 0 Å². The lowest BCUT2D eigenvalue weighted by Gasteiger charge is -2.19. The van der Waals surface area contributed by atoms with Gasteiger partial charge in [-0.2, -0.15) is 0 Å². The van der Waals surface area contributed by atoms with E-state index in [0.717, 1.165) is 36.9 Å². The first kappa shape index (κ1) is 11.9. The summed E-state index contributed by atoms with van der Waals surface area (Å²) in [7, 11) is 0. The van der Waals surface area contributed by atoms with Gasteiger partial charge in [-0.1, -0.05) is 11.8 Å². The number of thiazole rings is 1. The highest BCUT2D eigenvalue weighted by atomic mass is 32.2. The van der Waals surface area contributed by atoms with E-state index in [1.807, 2.05) is 10.3 Å². The van der Waals surface area contributed by atoms with Crippen LogP contribution in [0.5, 0.6) is 0 Å². The predicted octanol–water partition coefficient (Wildman–Crippen LogP) is 1.06. The third kappa shape index (κ3) is 3.47. The Morgan fingerprint density at radius 3 is 3.31 bits per heavy atom. The van der Waals surface area contributed by atoms with Crippen molar-refractivity contribution in [2.75, 3.05) is 31.9 Å². The highest BCUT2D eigenvalue weighted by molar-refractivity contribution is 8.01. The van der Waals surface area contributed by atoms with Crippen LogP contribution < -0.4 is 5.32 Å². The maximum absolute atomic E-state index is 11.9. The van der Waals surface area contributed by atoms with Crippen molar-refractivity contribution < 1.29 is 4.79 Å². The summed E-state index contributed by atoms with van der Waals surface area (Å²) in [4.78, 5) is 18.0. The fourth-order valence-corrected chi connectivity index (χ4v) is 3.13. The second-order valence-electron chi connectivity index (χ2n) is 3.57. The molecule has 2 rings (SSSR count). The topological polar surface area (TPSA) is 45.2 Å². The number of amides is 1. The summed E-state index contributed by atoms with van der Waals surface area (Å²) < 4.78 is 0.973. The largest absolute Gasteiger partial charge is 0.341 e. The molecule has 1 aromatic rings. The molecule has 0 saturated carbocycles. The van der Waals surface area contributed by atoms with Gasteiger partial charge in [0.15, 0.2) is 0 Å². The summed E-state index contributed by atoms with van der Waals surface area (Å²) in [6, 6.07) is 0. The Morgan fingerprint density at radius 2 is 2.50 bits per heavy atom. The zero-order valence-electron chi connectivity index (χ0n) is 9.02. The van der Waals surface area contributed by atoms with E-state index >= 15 is 0 Å². The number of hydrogen-bond donors (Lipinski definition) is 1. The number of nitrogens with one attached hydrogen (secondary N) is 1. The van der Waals surface area contributed by atoms with Crippen LogP contribution in [0.3, 0.4) is 0 Å². The van der Waals surface area contributed by atoms with Crippen LogP contribution in [0.1, 0.15) is 6.42 Å². The standard InChI is InChI=1S/C10H15N3OS2/c14-9(8-16-10-12-4-7-15-10)13-5-1-2-11-3-6-13/h4,7,11H,1-3,5-6,8H2. The molecule has 4 nitrogen and oxygen atoms in total. The normalized spacial score (nSPS) is 17.1. The lowest BCUT2D eigenvalue weighted by atomic mass is 10.4. The molecule has 1 saturated heterocycles. The Kier molecular flexibility index (Phi) is 4.62. The van der Waals surface area contributed by atoms with Gasteiger partial charge < -0.3 is 10.2 Å². The maximum atomic E-state index is 11.9. The predicted molar refractivity (Wildman–Crippen MR) is 66.9 cm³/mol. The van der Waals surface area contributed by atoms with Crippen molar-refractivity contribution in [3.63, 3.8) is 0 Å². The highest BCUT2D eigenvalue weighted by Crippen LogP contribution is 2.20. The number of rotatable bonds is 3. The van der Waals surface area contributed by atoms with Crippen molar-refractivity contribution in [1.29, 1.82) is 0 Å². The van der Waals surface area contributed by atoms with Crippen molar-refractivity contribution in [2.24, 2.45) is 0 Å². The Morgan fingerprint density at radius 1 is 1.56 bits per heavy atom. The van der Waals surface area contributed by atoms with Crippen LogP contribution in [0.25, 0.3) is 0 Å². The smallest absolute Gasteiger partial charge is 0.233 e. The molecule has 0 aliphatic carbocycles. The van der Waals surface area contributed by atoms with Crippen LogP contribution in [-0.2, 0) is 4.79 Å². The number of aromatic nitrogens is 1. The Balaban J connectivity index is 1.78. The molecule has 0 bridgehead atoms. The summed E-state index contributed by atoms with van der Waals surface area (Å²) in [6.45, 7) is 3.64. The van der Waals surface area contributed by atoms with Gasteiger partial charge in [0.2, 0.25) is 5.91 Å². The zero-order chi connectivity index (χ0) is 11.2. The van der Waals surface area contributed by atoms with Gasteiger partial charge in [-0.25, -0.2) is 4.98 Å². The second kappa shape index (κ2) is 6.22. The summed E-state index contributed by atoms with van der Waals surface area (Å²) in [6.07, 6.45) is 2.82. The molecule has 1 N–H and O–H groups in total. The molecule has 1 aliphatic heterocycles. The average Bonchev–Trinajstić information content (AvgIpc) is 2.66. The monoisotopic (exact) mass is 257 g/mol. The molecule has 1 fully saturated rings. The number of thioether (sulfide) groups is 1. The van der Waals surface area contributed by atoms with Crippen LogP contribution in [0.2, 0.25) is 0 Å². The molecule has 16 heavy (non-hydrogen) atoms. The minimum Gasteiger partial charge on any atom is -0.341 e. The quantitative estimate of drug-likeness (QED) is 0.822. The SMILES string of the molecule is O=C(CSc1nccs1)N1CCCNCC1. The van der Waals surface area contributed by atoms with Crippen LogP contribution in [0.15, 0.2) is 15.9 Å². The molecule has 0 radical (unpaired) electrons. The molecule has 1 amide bonds. The minimum atomic E-state index is 0.226. The molecule has 1 aromatic heterocycles. The van der Waals surface area contributed by atoms with Gasteiger partial charge in [0.1, 0.15) is 4.34 Å². The van der Waals surface area contributed by atoms with Crippen LogP contribution in [-0.4, -0.2) is 47.7 Å². The summed E-state index contributed by atoms with van der Waals surface area (Å²) in [5.41, 5.74) is 0. The van der Waals surface area contributed by atoms with E-state index in [4.69, 9.17) is 0 Å². The lowest BCUT2D eigenvalue weighted by Crippen LogP contribution is -2.35. The van der Waals surface area contributed by atoms with Gasteiger partial charge in [0, 0.05) is 31.2 Å². The Labute approximate surface area is 103 Å². The van der Waals surface area contributed by atoms with E-state index in [-0.39, 0.29) is 5.91 Å². The van der Waals surface area contributed by atoms with Crippen molar-refractivity contribution in [2.45, 2.75) is 10.8 Å². The van der Waals surface area contributed by atoms with E-state index in [1.54, 1.807) is 17.5 Å². The number of hydrogen-bond acceptors (Lipinski definition) is 5. The van der Waals surface area contributed by atoms with Crippen molar-refractivity contribution in [3.8, 4) is 0 Å². The summed E-state index contributed by atoms with van der Waals surface area (Å²) >= 11 is 3.12. The molecule has 6 heteroatoms. The van der Waals surface area contributed by atoms with Crippen LogP contribution >= 0.6 is 23.1 Å². The molecule has 1 aliphatic rings. The molecular weight excluding hydrogens is 242 g/mol. The summed E-state index contributed by atoms with van der Waals surface area (Å²) in [5, 5.41) is 5.22. The first-order valence-electron chi connectivity index (χ1n) is 5.37. The molecule has 2 heterocycles. The van der Waals surface area contributed by atoms with E-state index < -0.39 is 0 Å².